The SMILES string of the molecule is CCC(c1ccccc1)C1CN(c2ncnc3[nH]ccc23)C2CCCN(C(=O)O)C12. The normalized spacial score (nSPS) is 24.8. The zero-order valence-corrected chi connectivity index (χ0v) is 17.1. The molecule has 2 N–H and O–H groups in total. The zero-order valence-electron chi connectivity index (χ0n) is 17.1. The van der Waals surface area contributed by atoms with Crippen LogP contribution in [0.25, 0.3) is 11.0 Å². The predicted molar refractivity (Wildman–Crippen MR) is 116 cm³/mol. The van der Waals surface area contributed by atoms with E-state index in [-0.39, 0.29) is 18.0 Å². The molecule has 1 amide bonds. The molecule has 2 fully saturated rings. The Morgan fingerprint density at radius 2 is 2.10 bits per heavy atom. The van der Waals surface area contributed by atoms with Crippen LogP contribution < -0.4 is 4.90 Å². The molecule has 0 aliphatic carbocycles. The maximum absolute atomic E-state index is 12.2. The van der Waals surface area contributed by atoms with Crippen LogP contribution in [-0.4, -0.2) is 56.2 Å². The lowest BCUT2D eigenvalue weighted by Gasteiger charge is -2.41. The van der Waals surface area contributed by atoms with E-state index >= 15 is 0 Å². The van der Waals surface area contributed by atoms with Crippen LogP contribution in [0, 0.1) is 5.92 Å². The Morgan fingerprint density at radius 1 is 1.27 bits per heavy atom. The summed E-state index contributed by atoms with van der Waals surface area (Å²) in [6.07, 6.45) is 5.50. The molecule has 0 saturated carbocycles. The molecule has 2 aliphatic heterocycles. The minimum absolute atomic E-state index is 0.0367. The third-order valence-electron chi connectivity index (χ3n) is 6.93. The van der Waals surface area contributed by atoms with Gasteiger partial charge in [-0.15, -0.1) is 0 Å². The number of amides is 1. The van der Waals surface area contributed by atoms with Crippen molar-refractivity contribution < 1.29 is 9.90 Å². The smallest absolute Gasteiger partial charge is 0.407 e. The number of aromatic amines is 1. The summed E-state index contributed by atoms with van der Waals surface area (Å²) < 4.78 is 0. The van der Waals surface area contributed by atoms with Gasteiger partial charge in [-0.05, 0) is 36.8 Å². The zero-order chi connectivity index (χ0) is 20.7. The Bertz CT molecular complexity index is 1040. The van der Waals surface area contributed by atoms with E-state index in [1.165, 1.54) is 5.56 Å². The van der Waals surface area contributed by atoms with Gasteiger partial charge in [0.05, 0.1) is 17.5 Å². The molecule has 0 radical (unpaired) electrons. The summed E-state index contributed by atoms with van der Waals surface area (Å²) in [5.74, 6) is 1.42. The first kappa shape index (κ1) is 18.9. The van der Waals surface area contributed by atoms with Crippen molar-refractivity contribution in [3.8, 4) is 0 Å². The number of carbonyl (C=O) groups is 1. The fourth-order valence-electron chi connectivity index (χ4n) is 5.73. The van der Waals surface area contributed by atoms with Gasteiger partial charge in [-0.1, -0.05) is 37.3 Å². The standard InChI is InChI=1S/C23H27N5O2/c1-2-16(15-7-4-3-5-8-15)18-13-28(19-9-6-12-27(20(18)19)23(29)30)22-17-10-11-24-21(17)25-14-26-22/h3-5,7-8,10-11,14,16,18-20H,2,6,9,12-13H2,1H3,(H,29,30)(H,24,25,26). The van der Waals surface area contributed by atoms with Gasteiger partial charge in [0.2, 0.25) is 0 Å². The summed E-state index contributed by atoms with van der Waals surface area (Å²) >= 11 is 0. The van der Waals surface area contributed by atoms with E-state index in [0.717, 1.165) is 42.7 Å². The van der Waals surface area contributed by atoms with Crippen LogP contribution in [0.4, 0.5) is 10.6 Å². The second-order valence-electron chi connectivity index (χ2n) is 8.36. The highest BCUT2D eigenvalue weighted by atomic mass is 16.4. The molecule has 3 aromatic rings. The molecule has 2 aromatic heterocycles. The van der Waals surface area contributed by atoms with Crippen LogP contribution in [0.3, 0.4) is 0 Å². The minimum atomic E-state index is -0.811. The van der Waals surface area contributed by atoms with Gasteiger partial charge in [0.25, 0.3) is 0 Å². The Labute approximate surface area is 175 Å². The first-order valence-electron chi connectivity index (χ1n) is 10.8. The summed E-state index contributed by atoms with van der Waals surface area (Å²) in [5, 5.41) is 11.0. The minimum Gasteiger partial charge on any atom is -0.465 e. The number of benzene rings is 1. The van der Waals surface area contributed by atoms with Crippen molar-refractivity contribution in [2.45, 2.75) is 44.2 Å². The van der Waals surface area contributed by atoms with Crippen molar-refractivity contribution in [3.05, 3.63) is 54.5 Å². The second-order valence-corrected chi connectivity index (χ2v) is 8.36. The topological polar surface area (TPSA) is 85.4 Å². The largest absolute Gasteiger partial charge is 0.465 e. The average Bonchev–Trinajstić information content (AvgIpc) is 3.40. The number of hydrogen-bond acceptors (Lipinski definition) is 4. The molecule has 2 aliphatic rings. The van der Waals surface area contributed by atoms with Crippen molar-refractivity contribution in [1.82, 2.24) is 19.9 Å². The molecule has 7 nitrogen and oxygen atoms in total. The molecule has 30 heavy (non-hydrogen) atoms. The quantitative estimate of drug-likeness (QED) is 0.683. The summed E-state index contributed by atoms with van der Waals surface area (Å²) in [6.45, 7) is 3.61. The number of piperidine rings is 1. The summed E-state index contributed by atoms with van der Waals surface area (Å²) in [7, 11) is 0. The highest BCUT2D eigenvalue weighted by Crippen LogP contribution is 2.45. The molecular formula is C23H27N5O2. The molecule has 156 valence electrons. The second kappa shape index (κ2) is 7.63. The number of nitrogens with zero attached hydrogens (tertiary/aromatic N) is 4. The lowest BCUT2D eigenvalue weighted by Crippen LogP contribution is -2.54. The third-order valence-corrected chi connectivity index (χ3v) is 6.93. The molecule has 2 saturated heterocycles. The van der Waals surface area contributed by atoms with Gasteiger partial charge < -0.3 is 19.9 Å². The van der Waals surface area contributed by atoms with Gasteiger partial charge >= 0.3 is 6.09 Å². The Morgan fingerprint density at radius 3 is 2.87 bits per heavy atom. The fourth-order valence-corrected chi connectivity index (χ4v) is 5.73. The van der Waals surface area contributed by atoms with E-state index in [1.807, 2.05) is 18.3 Å². The maximum atomic E-state index is 12.2. The Hall–Kier alpha value is -3.09. The molecule has 5 rings (SSSR count). The van der Waals surface area contributed by atoms with Crippen LogP contribution >= 0.6 is 0 Å². The highest BCUT2D eigenvalue weighted by Gasteiger charge is 2.51. The number of rotatable bonds is 4. The van der Waals surface area contributed by atoms with Gasteiger partial charge in [-0.25, -0.2) is 14.8 Å². The van der Waals surface area contributed by atoms with Gasteiger partial charge in [-0.2, -0.15) is 0 Å². The Balaban J connectivity index is 1.59. The summed E-state index contributed by atoms with van der Waals surface area (Å²) in [4.78, 5) is 28.4. The molecule has 1 aromatic carbocycles. The van der Waals surface area contributed by atoms with E-state index in [1.54, 1.807) is 11.2 Å². The van der Waals surface area contributed by atoms with Crippen LogP contribution in [0.15, 0.2) is 48.9 Å². The molecule has 7 heteroatoms. The lowest BCUT2D eigenvalue weighted by atomic mass is 9.78. The summed E-state index contributed by atoms with van der Waals surface area (Å²) in [5.41, 5.74) is 2.11. The molecule has 0 spiro atoms. The number of likely N-dealkylation sites (tertiary alicyclic amines) is 1. The van der Waals surface area contributed by atoms with Gasteiger partial charge in [0.1, 0.15) is 17.8 Å². The first-order valence-corrected chi connectivity index (χ1v) is 10.8. The molecule has 4 heterocycles. The highest BCUT2D eigenvalue weighted by molar-refractivity contribution is 5.87. The first-order chi connectivity index (χ1) is 14.7. The molecule has 4 unspecified atom stereocenters. The number of nitrogens with one attached hydrogen (secondary N) is 1. The summed E-state index contributed by atoms with van der Waals surface area (Å²) in [6, 6.07) is 12.6. The number of carboxylic acid groups (broad SMARTS) is 1. The molecule has 0 bridgehead atoms. The average molecular weight is 406 g/mol. The van der Waals surface area contributed by atoms with Crippen LogP contribution in [0.2, 0.25) is 0 Å². The maximum Gasteiger partial charge on any atom is 0.407 e. The number of H-pyrrole nitrogens is 1. The van der Waals surface area contributed by atoms with Crippen LogP contribution in [0.1, 0.15) is 37.7 Å². The van der Waals surface area contributed by atoms with E-state index in [9.17, 15) is 9.90 Å². The third kappa shape index (κ3) is 3.00. The van der Waals surface area contributed by atoms with E-state index in [0.29, 0.717) is 12.5 Å². The van der Waals surface area contributed by atoms with E-state index < -0.39 is 6.09 Å². The monoisotopic (exact) mass is 405 g/mol. The lowest BCUT2D eigenvalue weighted by molar-refractivity contribution is 0.0845. The number of aromatic nitrogens is 3. The van der Waals surface area contributed by atoms with Crippen molar-refractivity contribution in [1.29, 1.82) is 0 Å². The molecular weight excluding hydrogens is 378 g/mol. The molecule has 4 atom stereocenters. The number of fused-ring (bicyclic) bond motifs is 2. The van der Waals surface area contributed by atoms with E-state index in [2.05, 4.69) is 51.0 Å². The predicted octanol–water partition coefficient (Wildman–Crippen LogP) is 4.10. The van der Waals surface area contributed by atoms with Crippen LogP contribution in [0.5, 0.6) is 0 Å². The van der Waals surface area contributed by atoms with Gasteiger partial charge in [-0.3, -0.25) is 0 Å². The van der Waals surface area contributed by atoms with Crippen molar-refractivity contribution in [3.63, 3.8) is 0 Å². The number of hydrogen-bond donors (Lipinski definition) is 2. The number of anilines is 1. The Kier molecular flexibility index (Phi) is 4.81. The van der Waals surface area contributed by atoms with Crippen molar-refractivity contribution in [2.75, 3.05) is 18.0 Å². The van der Waals surface area contributed by atoms with Gasteiger partial charge in [0.15, 0.2) is 0 Å². The van der Waals surface area contributed by atoms with Crippen LogP contribution in [-0.2, 0) is 0 Å². The van der Waals surface area contributed by atoms with Gasteiger partial charge in [0, 0.05) is 25.2 Å². The van der Waals surface area contributed by atoms with Crippen molar-refractivity contribution in [2.24, 2.45) is 5.92 Å². The van der Waals surface area contributed by atoms with Crippen molar-refractivity contribution >= 4 is 22.9 Å². The van der Waals surface area contributed by atoms with E-state index in [4.69, 9.17) is 0 Å². The fraction of sp³-hybridized carbons (Fsp3) is 0.435.